The van der Waals surface area contributed by atoms with E-state index in [1.807, 2.05) is 24.3 Å². The summed E-state index contributed by atoms with van der Waals surface area (Å²) >= 11 is 5.83. The van der Waals surface area contributed by atoms with Crippen LogP contribution in [0.4, 0.5) is 0 Å². The highest BCUT2D eigenvalue weighted by molar-refractivity contribution is 6.30. The van der Waals surface area contributed by atoms with E-state index in [1.54, 1.807) is 0 Å². The van der Waals surface area contributed by atoms with Crippen molar-refractivity contribution in [3.63, 3.8) is 0 Å². The van der Waals surface area contributed by atoms with Crippen molar-refractivity contribution in [1.82, 2.24) is 4.90 Å². The van der Waals surface area contributed by atoms with Gasteiger partial charge in [-0.05, 0) is 31.2 Å². The molecule has 86 valence electrons. The minimum atomic E-state index is 0.153. The number of nitrogens with zero attached hydrogens (tertiary/aromatic N) is 1. The van der Waals surface area contributed by atoms with Crippen molar-refractivity contribution in [2.45, 2.75) is 12.8 Å². The Kier molecular flexibility index (Phi) is 3.62. The predicted octanol–water partition coefficient (Wildman–Crippen LogP) is 2.40. The maximum atomic E-state index is 11.8. The molecule has 1 unspecified atom stereocenters. The Bertz CT molecular complexity index is 374. The Balaban J connectivity index is 2.02. The smallest absolute Gasteiger partial charge is 0.138 e. The monoisotopic (exact) mass is 237 g/mol. The fourth-order valence-electron chi connectivity index (χ4n) is 2.16. The average molecular weight is 238 g/mol. The lowest BCUT2D eigenvalue weighted by Crippen LogP contribution is -2.39. The van der Waals surface area contributed by atoms with E-state index in [2.05, 4.69) is 11.9 Å². The molecule has 3 heteroatoms. The van der Waals surface area contributed by atoms with Crippen LogP contribution in [0.1, 0.15) is 12.0 Å². The third-order valence-corrected chi connectivity index (χ3v) is 3.37. The molecule has 1 aromatic carbocycles. The number of carbonyl (C=O) groups is 1. The third kappa shape index (κ3) is 2.83. The second-order valence-corrected chi connectivity index (χ2v) is 4.94. The topological polar surface area (TPSA) is 20.3 Å². The average Bonchev–Trinajstić information content (AvgIpc) is 2.27. The van der Waals surface area contributed by atoms with Crippen LogP contribution in [0.3, 0.4) is 0 Å². The van der Waals surface area contributed by atoms with E-state index in [0.717, 1.165) is 24.5 Å². The van der Waals surface area contributed by atoms with Gasteiger partial charge in [0.2, 0.25) is 0 Å². The number of carbonyl (C=O) groups excluding carboxylic acids is 1. The number of benzene rings is 1. The standard InChI is InChI=1S/C13H16ClNO/c1-15-7-6-13(16)11(9-15)8-10-2-4-12(14)5-3-10/h2-5,11H,6-9H2,1H3. The molecule has 1 atom stereocenters. The molecule has 0 aliphatic carbocycles. The van der Waals surface area contributed by atoms with Crippen LogP contribution >= 0.6 is 11.6 Å². The summed E-state index contributed by atoms with van der Waals surface area (Å²) in [5.74, 6) is 0.549. The molecule has 1 aliphatic rings. The maximum absolute atomic E-state index is 11.8. The first-order valence-corrected chi connectivity index (χ1v) is 5.98. The molecule has 1 aromatic rings. The first-order chi connectivity index (χ1) is 7.65. The van der Waals surface area contributed by atoms with Gasteiger partial charge in [-0.1, -0.05) is 23.7 Å². The van der Waals surface area contributed by atoms with E-state index < -0.39 is 0 Å². The second kappa shape index (κ2) is 4.98. The molecule has 2 rings (SSSR count). The number of likely N-dealkylation sites (tertiary alicyclic amines) is 1. The van der Waals surface area contributed by atoms with Crippen molar-refractivity contribution in [2.75, 3.05) is 20.1 Å². The molecular formula is C13H16ClNO. The molecule has 1 aliphatic heterocycles. The minimum absolute atomic E-state index is 0.153. The van der Waals surface area contributed by atoms with Gasteiger partial charge in [-0.15, -0.1) is 0 Å². The van der Waals surface area contributed by atoms with Crippen LogP contribution in [-0.2, 0) is 11.2 Å². The summed E-state index contributed by atoms with van der Waals surface area (Å²) in [6.45, 7) is 1.78. The molecule has 0 N–H and O–H groups in total. The van der Waals surface area contributed by atoms with Gasteiger partial charge in [-0.3, -0.25) is 4.79 Å². The van der Waals surface area contributed by atoms with Crippen LogP contribution in [0.5, 0.6) is 0 Å². The summed E-state index contributed by atoms with van der Waals surface area (Å²) in [4.78, 5) is 14.0. The van der Waals surface area contributed by atoms with Crippen LogP contribution in [0.15, 0.2) is 24.3 Å². The molecule has 1 saturated heterocycles. The first kappa shape index (κ1) is 11.6. The number of piperidine rings is 1. The van der Waals surface area contributed by atoms with Gasteiger partial charge in [0.25, 0.3) is 0 Å². The molecule has 0 spiro atoms. The highest BCUT2D eigenvalue weighted by Crippen LogP contribution is 2.18. The molecule has 0 amide bonds. The molecule has 2 nitrogen and oxygen atoms in total. The second-order valence-electron chi connectivity index (χ2n) is 4.51. The zero-order chi connectivity index (χ0) is 11.5. The van der Waals surface area contributed by atoms with Gasteiger partial charge in [-0.25, -0.2) is 0 Å². The van der Waals surface area contributed by atoms with Gasteiger partial charge in [0.15, 0.2) is 0 Å². The molecule has 0 saturated carbocycles. The van der Waals surface area contributed by atoms with Gasteiger partial charge in [0.1, 0.15) is 5.78 Å². The Morgan fingerprint density at radius 1 is 1.38 bits per heavy atom. The summed E-state index contributed by atoms with van der Waals surface area (Å²) in [5, 5.41) is 0.746. The molecule has 1 heterocycles. The number of ketones is 1. The summed E-state index contributed by atoms with van der Waals surface area (Å²) < 4.78 is 0. The van der Waals surface area contributed by atoms with Crippen LogP contribution in [-0.4, -0.2) is 30.8 Å². The maximum Gasteiger partial charge on any atom is 0.138 e. The molecule has 0 radical (unpaired) electrons. The Labute approximate surface area is 101 Å². The SMILES string of the molecule is CN1CCC(=O)C(Cc2ccc(Cl)cc2)C1. The molecule has 0 aromatic heterocycles. The zero-order valence-corrected chi connectivity index (χ0v) is 10.2. The largest absolute Gasteiger partial charge is 0.305 e. The predicted molar refractivity (Wildman–Crippen MR) is 65.8 cm³/mol. The Hall–Kier alpha value is -0.860. The van der Waals surface area contributed by atoms with Gasteiger partial charge in [0, 0.05) is 30.5 Å². The van der Waals surface area contributed by atoms with Crippen LogP contribution < -0.4 is 0 Å². The summed E-state index contributed by atoms with van der Waals surface area (Å²) in [6, 6.07) is 7.77. The molecule has 1 fully saturated rings. The van der Waals surface area contributed by atoms with E-state index in [0.29, 0.717) is 12.2 Å². The zero-order valence-electron chi connectivity index (χ0n) is 9.45. The van der Waals surface area contributed by atoms with Crippen molar-refractivity contribution in [2.24, 2.45) is 5.92 Å². The van der Waals surface area contributed by atoms with Gasteiger partial charge in [-0.2, -0.15) is 0 Å². The number of hydrogen-bond acceptors (Lipinski definition) is 2. The van der Waals surface area contributed by atoms with Crippen LogP contribution in [0.25, 0.3) is 0 Å². The summed E-state index contributed by atoms with van der Waals surface area (Å²) in [5.41, 5.74) is 1.19. The van der Waals surface area contributed by atoms with E-state index >= 15 is 0 Å². The van der Waals surface area contributed by atoms with Crippen molar-refractivity contribution in [3.8, 4) is 0 Å². The Morgan fingerprint density at radius 2 is 2.06 bits per heavy atom. The van der Waals surface area contributed by atoms with E-state index in [-0.39, 0.29) is 5.92 Å². The fraction of sp³-hybridized carbons (Fsp3) is 0.462. The fourth-order valence-corrected chi connectivity index (χ4v) is 2.28. The van der Waals surface area contributed by atoms with Gasteiger partial charge in [0.05, 0.1) is 0 Å². The van der Waals surface area contributed by atoms with Crippen LogP contribution in [0.2, 0.25) is 5.02 Å². The third-order valence-electron chi connectivity index (χ3n) is 3.12. The highest BCUT2D eigenvalue weighted by Gasteiger charge is 2.25. The lowest BCUT2D eigenvalue weighted by molar-refractivity contribution is -0.125. The quantitative estimate of drug-likeness (QED) is 0.787. The molecular weight excluding hydrogens is 222 g/mol. The number of hydrogen-bond donors (Lipinski definition) is 0. The van der Waals surface area contributed by atoms with Crippen molar-refractivity contribution in [3.05, 3.63) is 34.9 Å². The lowest BCUT2D eigenvalue weighted by atomic mass is 9.90. The molecule has 0 bridgehead atoms. The first-order valence-electron chi connectivity index (χ1n) is 5.61. The van der Waals surface area contributed by atoms with E-state index in [9.17, 15) is 4.79 Å². The number of halogens is 1. The van der Waals surface area contributed by atoms with Crippen molar-refractivity contribution < 1.29 is 4.79 Å². The van der Waals surface area contributed by atoms with Crippen molar-refractivity contribution in [1.29, 1.82) is 0 Å². The summed E-state index contributed by atoms with van der Waals surface area (Å²) in [6.07, 6.45) is 1.52. The number of Topliss-reactive ketones (excluding diaryl/α,β-unsaturated/α-hetero) is 1. The minimum Gasteiger partial charge on any atom is -0.305 e. The van der Waals surface area contributed by atoms with Crippen molar-refractivity contribution >= 4 is 17.4 Å². The van der Waals surface area contributed by atoms with Crippen LogP contribution in [0, 0.1) is 5.92 Å². The Morgan fingerprint density at radius 3 is 2.75 bits per heavy atom. The normalized spacial score (nSPS) is 22.4. The van der Waals surface area contributed by atoms with Gasteiger partial charge < -0.3 is 4.90 Å². The van der Waals surface area contributed by atoms with E-state index in [4.69, 9.17) is 11.6 Å². The number of rotatable bonds is 2. The van der Waals surface area contributed by atoms with E-state index in [1.165, 1.54) is 5.56 Å². The summed E-state index contributed by atoms with van der Waals surface area (Å²) in [7, 11) is 2.07. The molecule has 16 heavy (non-hydrogen) atoms. The van der Waals surface area contributed by atoms with Gasteiger partial charge >= 0.3 is 0 Å². The lowest BCUT2D eigenvalue weighted by Gasteiger charge is -2.28. The highest BCUT2D eigenvalue weighted by atomic mass is 35.5.